The molecule has 1 N–H and O–H groups in total. The van der Waals surface area contributed by atoms with Gasteiger partial charge in [-0.15, -0.1) is 0 Å². The van der Waals surface area contributed by atoms with E-state index in [-0.39, 0.29) is 5.69 Å². The largest absolute Gasteiger partial charge is 0.360 e. The fourth-order valence-electron chi connectivity index (χ4n) is 2.64. The molecule has 1 aliphatic rings. The Balaban J connectivity index is 1.81. The van der Waals surface area contributed by atoms with Crippen molar-refractivity contribution in [2.24, 2.45) is 0 Å². The van der Waals surface area contributed by atoms with Crippen molar-refractivity contribution in [2.45, 2.75) is 31.7 Å². The van der Waals surface area contributed by atoms with Crippen molar-refractivity contribution in [1.29, 1.82) is 5.26 Å². The zero-order valence-corrected chi connectivity index (χ0v) is 12.6. The Hall–Kier alpha value is -2.32. The Morgan fingerprint density at radius 3 is 3.00 bits per heavy atom. The molecule has 3 rings (SSSR count). The third-order valence-electron chi connectivity index (χ3n) is 3.75. The number of halogens is 1. The van der Waals surface area contributed by atoms with Gasteiger partial charge in [-0.3, -0.25) is 4.79 Å². The molecule has 2 aromatic rings. The first-order valence-corrected chi connectivity index (χ1v) is 7.50. The lowest BCUT2D eigenvalue weighted by molar-refractivity contribution is 0.0935. The molecule has 0 saturated heterocycles. The van der Waals surface area contributed by atoms with Gasteiger partial charge in [0.2, 0.25) is 0 Å². The summed E-state index contributed by atoms with van der Waals surface area (Å²) < 4.78 is 5.23. The fourth-order valence-corrected chi connectivity index (χ4v) is 2.84. The molecular formula is C16H14ClN3O2. The van der Waals surface area contributed by atoms with Gasteiger partial charge < -0.3 is 9.84 Å². The molecule has 1 unspecified atom stereocenters. The van der Waals surface area contributed by atoms with E-state index < -0.39 is 11.9 Å². The van der Waals surface area contributed by atoms with Crippen LogP contribution in [0.1, 0.15) is 46.3 Å². The predicted molar refractivity (Wildman–Crippen MR) is 80.4 cm³/mol. The number of nitrogens with zero attached hydrogens (tertiary/aromatic N) is 2. The van der Waals surface area contributed by atoms with E-state index in [2.05, 4.69) is 16.5 Å². The topological polar surface area (TPSA) is 78.9 Å². The molecule has 5 nitrogen and oxygen atoms in total. The van der Waals surface area contributed by atoms with E-state index in [1.165, 1.54) is 0 Å². The molecule has 0 radical (unpaired) electrons. The van der Waals surface area contributed by atoms with E-state index in [9.17, 15) is 10.1 Å². The molecule has 1 heterocycles. The summed E-state index contributed by atoms with van der Waals surface area (Å²) in [4.78, 5) is 12.4. The molecule has 0 fully saturated rings. The molecule has 0 spiro atoms. The SMILES string of the molecule is N#CC(NC(=O)c1noc2c1CCCC2)c1cccc(Cl)c1. The first kappa shape index (κ1) is 14.6. The van der Waals surface area contributed by atoms with E-state index in [0.29, 0.717) is 10.6 Å². The average molecular weight is 316 g/mol. The van der Waals surface area contributed by atoms with E-state index in [1.54, 1.807) is 24.3 Å². The van der Waals surface area contributed by atoms with Crippen LogP contribution in [0.3, 0.4) is 0 Å². The second-order valence-corrected chi connectivity index (χ2v) is 5.67. The van der Waals surface area contributed by atoms with Crippen molar-refractivity contribution in [3.63, 3.8) is 0 Å². The van der Waals surface area contributed by atoms with Gasteiger partial charge in [0, 0.05) is 17.0 Å². The fraction of sp³-hybridized carbons (Fsp3) is 0.312. The van der Waals surface area contributed by atoms with Crippen LogP contribution in [0.2, 0.25) is 5.02 Å². The van der Waals surface area contributed by atoms with Crippen LogP contribution >= 0.6 is 11.6 Å². The van der Waals surface area contributed by atoms with Crippen molar-refractivity contribution < 1.29 is 9.32 Å². The summed E-state index contributed by atoms with van der Waals surface area (Å²) in [6.07, 6.45) is 3.67. The normalized spacial score (nSPS) is 14.7. The predicted octanol–water partition coefficient (Wildman–Crippen LogP) is 3.20. The molecule has 1 atom stereocenters. The molecule has 6 heteroatoms. The van der Waals surface area contributed by atoms with Crippen LogP contribution in [0.5, 0.6) is 0 Å². The highest BCUT2D eigenvalue weighted by atomic mass is 35.5. The van der Waals surface area contributed by atoms with Crippen LogP contribution in [0.25, 0.3) is 0 Å². The summed E-state index contributed by atoms with van der Waals surface area (Å²) in [6, 6.07) is 8.16. The first-order chi connectivity index (χ1) is 10.7. The second kappa shape index (κ2) is 6.20. The Labute approximate surface area is 132 Å². The quantitative estimate of drug-likeness (QED) is 0.943. The highest BCUT2D eigenvalue weighted by Crippen LogP contribution is 2.25. The Morgan fingerprint density at radius 1 is 1.41 bits per heavy atom. The molecule has 1 aliphatic carbocycles. The minimum Gasteiger partial charge on any atom is -0.360 e. The summed E-state index contributed by atoms with van der Waals surface area (Å²) in [6.45, 7) is 0. The van der Waals surface area contributed by atoms with Crippen molar-refractivity contribution in [3.05, 3.63) is 51.9 Å². The van der Waals surface area contributed by atoms with Gasteiger partial charge in [0.15, 0.2) is 5.69 Å². The maximum Gasteiger partial charge on any atom is 0.275 e. The van der Waals surface area contributed by atoms with Crippen molar-refractivity contribution >= 4 is 17.5 Å². The van der Waals surface area contributed by atoms with E-state index >= 15 is 0 Å². The van der Waals surface area contributed by atoms with Gasteiger partial charge >= 0.3 is 0 Å². The Kier molecular flexibility index (Phi) is 4.12. The number of aryl methyl sites for hydroxylation is 1. The summed E-state index contributed by atoms with van der Waals surface area (Å²) >= 11 is 5.93. The number of aromatic nitrogens is 1. The maximum atomic E-state index is 12.4. The van der Waals surface area contributed by atoms with Crippen LogP contribution in [0.4, 0.5) is 0 Å². The summed E-state index contributed by atoms with van der Waals surface area (Å²) in [7, 11) is 0. The van der Waals surface area contributed by atoms with E-state index in [4.69, 9.17) is 16.1 Å². The van der Waals surface area contributed by atoms with Crippen LogP contribution < -0.4 is 5.32 Å². The van der Waals surface area contributed by atoms with Crippen molar-refractivity contribution in [2.75, 3.05) is 0 Å². The summed E-state index contributed by atoms with van der Waals surface area (Å²) in [5.74, 6) is 0.395. The Bertz CT molecular complexity index is 748. The lowest BCUT2D eigenvalue weighted by Crippen LogP contribution is -2.29. The number of carbonyl (C=O) groups is 1. The molecule has 1 aromatic carbocycles. The number of nitrogens with one attached hydrogen (secondary N) is 1. The standard InChI is InChI=1S/C16H14ClN3O2/c17-11-5-3-4-10(8-11)13(9-18)19-16(21)15-12-6-1-2-7-14(12)22-20-15/h3-5,8,13H,1-2,6-7H2,(H,19,21). The van der Waals surface area contributed by atoms with E-state index in [1.807, 2.05) is 0 Å². The van der Waals surface area contributed by atoms with Crippen LogP contribution in [0, 0.1) is 11.3 Å². The molecule has 1 aromatic heterocycles. The second-order valence-electron chi connectivity index (χ2n) is 5.23. The van der Waals surface area contributed by atoms with Gasteiger partial charge in [0.25, 0.3) is 5.91 Å². The number of amides is 1. The third kappa shape index (κ3) is 2.83. The van der Waals surface area contributed by atoms with Crippen molar-refractivity contribution in [1.82, 2.24) is 10.5 Å². The van der Waals surface area contributed by atoms with E-state index in [0.717, 1.165) is 37.0 Å². The molecule has 0 bridgehead atoms. The van der Waals surface area contributed by atoms with Gasteiger partial charge in [0.05, 0.1) is 6.07 Å². The Morgan fingerprint density at radius 2 is 2.23 bits per heavy atom. The lowest BCUT2D eigenvalue weighted by atomic mass is 9.96. The third-order valence-corrected chi connectivity index (χ3v) is 3.99. The van der Waals surface area contributed by atoms with Gasteiger partial charge in [-0.1, -0.05) is 28.9 Å². The monoisotopic (exact) mass is 315 g/mol. The van der Waals surface area contributed by atoms with Gasteiger partial charge in [-0.25, -0.2) is 0 Å². The molecule has 112 valence electrons. The molecule has 22 heavy (non-hydrogen) atoms. The summed E-state index contributed by atoms with van der Waals surface area (Å²) in [5, 5.41) is 16.4. The van der Waals surface area contributed by atoms with Gasteiger partial charge in [-0.2, -0.15) is 5.26 Å². The number of rotatable bonds is 3. The van der Waals surface area contributed by atoms with Crippen LogP contribution in [0.15, 0.2) is 28.8 Å². The average Bonchev–Trinajstić information content (AvgIpc) is 2.96. The first-order valence-electron chi connectivity index (χ1n) is 7.12. The number of fused-ring (bicyclic) bond motifs is 1. The highest BCUT2D eigenvalue weighted by Gasteiger charge is 2.25. The van der Waals surface area contributed by atoms with Gasteiger partial charge in [-0.05, 0) is 37.0 Å². The summed E-state index contributed by atoms with van der Waals surface area (Å²) in [5.41, 5.74) is 1.80. The minimum atomic E-state index is -0.776. The zero-order chi connectivity index (χ0) is 15.5. The number of carbonyl (C=O) groups excluding carboxylic acids is 1. The smallest absolute Gasteiger partial charge is 0.275 e. The lowest BCUT2D eigenvalue weighted by Gasteiger charge is -2.13. The molecule has 0 saturated carbocycles. The number of benzene rings is 1. The van der Waals surface area contributed by atoms with Crippen LogP contribution in [-0.4, -0.2) is 11.1 Å². The van der Waals surface area contributed by atoms with Gasteiger partial charge in [0.1, 0.15) is 11.8 Å². The molecular weight excluding hydrogens is 302 g/mol. The van der Waals surface area contributed by atoms with Crippen LogP contribution in [-0.2, 0) is 12.8 Å². The maximum absolute atomic E-state index is 12.4. The number of hydrogen-bond acceptors (Lipinski definition) is 4. The van der Waals surface area contributed by atoms with Crippen molar-refractivity contribution in [3.8, 4) is 6.07 Å². The highest BCUT2D eigenvalue weighted by molar-refractivity contribution is 6.30. The minimum absolute atomic E-state index is 0.289. The number of nitriles is 1. The molecule has 1 amide bonds. The molecule has 0 aliphatic heterocycles. The zero-order valence-electron chi connectivity index (χ0n) is 11.8. The number of hydrogen-bond donors (Lipinski definition) is 1.